The Labute approximate surface area is 148 Å². The molecular weight excluding hydrogens is 366 g/mol. The molecule has 0 bridgehead atoms. The van der Waals surface area contributed by atoms with Crippen LogP contribution in [-0.2, 0) is 16.3 Å². The molecule has 0 aliphatic heterocycles. The standard InChI is InChI=1S/C15H17N3O3S3/c1-2-12-17-14(11-5-7-23-15(11)18-12)16-8-10(19)9-24(20,21)13-4-3-6-22-13/h3-7,10,19H,2,8-9H2,1H3,(H,16,17,18). The third-order valence-electron chi connectivity index (χ3n) is 3.41. The molecule has 9 heteroatoms. The summed E-state index contributed by atoms with van der Waals surface area (Å²) in [6.07, 6.45) is -0.316. The Morgan fingerprint density at radius 2 is 2.08 bits per heavy atom. The van der Waals surface area contributed by atoms with Crippen molar-refractivity contribution in [3.05, 3.63) is 34.8 Å². The van der Waals surface area contributed by atoms with Gasteiger partial charge in [-0.1, -0.05) is 13.0 Å². The van der Waals surface area contributed by atoms with E-state index in [0.29, 0.717) is 18.1 Å². The van der Waals surface area contributed by atoms with E-state index in [1.54, 1.807) is 17.5 Å². The summed E-state index contributed by atoms with van der Waals surface area (Å²) in [4.78, 5) is 9.76. The number of aromatic nitrogens is 2. The van der Waals surface area contributed by atoms with Crippen LogP contribution in [0, 0.1) is 0 Å². The van der Waals surface area contributed by atoms with Crippen LogP contribution in [-0.4, -0.2) is 41.9 Å². The second-order valence-corrected chi connectivity index (χ2v) is 9.33. The summed E-state index contributed by atoms with van der Waals surface area (Å²) in [5.41, 5.74) is 0. The highest BCUT2D eigenvalue weighted by molar-refractivity contribution is 7.93. The lowest BCUT2D eigenvalue weighted by Gasteiger charge is -2.13. The molecule has 0 spiro atoms. The van der Waals surface area contributed by atoms with Crippen molar-refractivity contribution in [1.29, 1.82) is 0 Å². The van der Waals surface area contributed by atoms with Gasteiger partial charge in [0.25, 0.3) is 0 Å². The van der Waals surface area contributed by atoms with Gasteiger partial charge in [-0.3, -0.25) is 0 Å². The maximum absolute atomic E-state index is 12.2. The lowest BCUT2D eigenvalue weighted by molar-refractivity contribution is 0.210. The van der Waals surface area contributed by atoms with Crippen LogP contribution in [0.15, 0.2) is 33.2 Å². The minimum absolute atomic E-state index is 0.107. The Kier molecular flexibility index (Phi) is 5.14. The first-order valence-corrected chi connectivity index (χ1v) is 10.8. The van der Waals surface area contributed by atoms with Gasteiger partial charge >= 0.3 is 0 Å². The molecule has 2 N–H and O–H groups in total. The molecule has 3 rings (SSSR count). The van der Waals surface area contributed by atoms with Crippen molar-refractivity contribution in [2.24, 2.45) is 0 Å². The zero-order valence-corrected chi connectivity index (χ0v) is 15.4. The molecule has 0 saturated heterocycles. The largest absolute Gasteiger partial charge is 0.390 e. The zero-order chi connectivity index (χ0) is 17.2. The average molecular weight is 384 g/mol. The predicted octanol–water partition coefficient (Wildman–Crippen LogP) is 2.56. The fourth-order valence-corrected chi connectivity index (χ4v) is 5.50. The number of fused-ring (bicyclic) bond motifs is 1. The molecule has 0 radical (unpaired) electrons. The topological polar surface area (TPSA) is 92.2 Å². The van der Waals surface area contributed by atoms with Crippen LogP contribution in [0.25, 0.3) is 10.2 Å². The van der Waals surface area contributed by atoms with Crippen LogP contribution in [0.3, 0.4) is 0 Å². The zero-order valence-electron chi connectivity index (χ0n) is 13.0. The number of sulfone groups is 1. The van der Waals surface area contributed by atoms with Crippen LogP contribution < -0.4 is 5.32 Å². The van der Waals surface area contributed by atoms with E-state index >= 15 is 0 Å². The number of aliphatic hydroxyl groups excluding tert-OH is 1. The number of thiophene rings is 2. The third-order valence-corrected chi connectivity index (χ3v) is 7.50. The fraction of sp³-hybridized carbons (Fsp3) is 0.333. The SMILES string of the molecule is CCc1nc(NCC(O)CS(=O)(=O)c2cccs2)c2ccsc2n1. The van der Waals surface area contributed by atoms with Crippen molar-refractivity contribution in [3.63, 3.8) is 0 Å². The number of hydrogen-bond acceptors (Lipinski definition) is 8. The molecule has 1 atom stereocenters. The molecule has 3 heterocycles. The minimum Gasteiger partial charge on any atom is -0.390 e. The molecule has 1 unspecified atom stereocenters. The van der Waals surface area contributed by atoms with Crippen molar-refractivity contribution in [2.75, 3.05) is 17.6 Å². The lowest BCUT2D eigenvalue weighted by atomic mass is 10.3. The molecule has 128 valence electrons. The smallest absolute Gasteiger partial charge is 0.190 e. The molecule has 6 nitrogen and oxygen atoms in total. The van der Waals surface area contributed by atoms with Crippen LogP contribution in [0.2, 0.25) is 0 Å². The first-order valence-electron chi connectivity index (χ1n) is 7.42. The number of hydrogen-bond donors (Lipinski definition) is 2. The minimum atomic E-state index is -3.47. The maximum atomic E-state index is 12.2. The average Bonchev–Trinajstić information content (AvgIpc) is 3.23. The number of anilines is 1. The molecule has 0 aliphatic carbocycles. The van der Waals surface area contributed by atoms with E-state index in [1.165, 1.54) is 11.3 Å². The van der Waals surface area contributed by atoms with E-state index < -0.39 is 15.9 Å². The van der Waals surface area contributed by atoms with Gasteiger partial charge in [0.05, 0.1) is 17.2 Å². The molecule has 0 fully saturated rings. The Balaban J connectivity index is 1.70. The fourth-order valence-electron chi connectivity index (χ4n) is 2.24. The summed E-state index contributed by atoms with van der Waals surface area (Å²) in [5.74, 6) is 1.03. The summed E-state index contributed by atoms with van der Waals surface area (Å²) in [5, 5.41) is 17.7. The van der Waals surface area contributed by atoms with Crippen LogP contribution in [0.5, 0.6) is 0 Å². The summed E-state index contributed by atoms with van der Waals surface area (Å²) < 4.78 is 24.6. The Hall–Kier alpha value is -1.55. The Morgan fingerprint density at radius 3 is 2.79 bits per heavy atom. The van der Waals surface area contributed by atoms with E-state index in [2.05, 4.69) is 15.3 Å². The van der Waals surface area contributed by atoms with E-state index in [9.17, 15) is 13.5 Å². The highest BCUT2D eigenvalue weighted by Gasteiger charge is 2.21. The van der Waals surface area contributed by atoms with Gasteiger partial charge in [-0.15, -0.1) is 22.7 Å². The number of aliphatic hydroxyl groups is 1. The van der Waals surface area contributed by atoms with Crippen molar-refractivity contribution in [2.45, 2.75) is 23.7 Å². The number of rotatable bonds is 7. The van der Waals surface area contributed by atoms with E-state index in [-0.39, 0.29) is 16.5 Å². The van der Waals surface area contributed by atoms with Gasteiger partial charge in [0.1, 0.15) is 20.7 Å². The van der Waals surface area contributed by atoms with Crippen molar-refractivity contribution >= 4 is 48.5 Å². The van der Waals surface area contributed by atoms with Gasteiger partial charge < -0.3 is 10.4 Å². The molecular formula is C15H17N3O3S3. The van der Waals surface area contributed by atoms with Gasteiger partial charge in [0.15, 0.2) is 9.84 Å². The molecule has 0 saturated carbocycles. The summed E-state index contributed by atoms with van der Waals surface area (Å²) in [6, 6.07) is 5.15. The molecule has 0 amide bonds. The number of nitrogens with zero attached hydrogens (tertiary/aromatic N) is 2. The van der Waals surface area contributed by atoms with Crippen molar-refractivity contribution in [1.82, 2.24) is 9.97 Å². The first-order chi connectivity index (χ1) is 11.5. The van der Waals surface area contributed by atoms with Gasteiger partial charge in [0.2, 0.25) is 0 Å². The van der Waals surface area contributed by atoms with Crippen molar-refractivity contribution in [3.8, 4) is 0 Å². The second kappa shape index (κ2) is 7.14. The molecule has 3 aromatic heterocycles. The third kappa shape index (κ3) is 3.75. The monoisotopic (exact) mass is 383 g/mol. The molecule has 0 aliphatic rings. The number of nitrogens with one attached hydrogen (secondary N) is 1. The van der Waals surface area contributed by atoms with Crippen LogP contribution >= 0.6 is 22.7 Å². The summed E-state index contributed by atoms with van der Waals surface area (Å²) in [7, 11) is -3.47. The van der Waals surface area contributed by atoms with E-state index in [1.807, 2.05) is 18.4 Å². The molecule has 0 aromatic carbocycles. The maximum Gasteiger partial charge on any atom is 0.190 e. The highest BCUT2D eigenvalue weighted by Crippen LogP contribution is 2.25. The Morgan fingerprint density at radius 1 is 1.25 bits per heavy atom. The van der Waals surface area contributed by atoms with Crippen molar-refractivity contribution < 1.29 is 13.5 Å². The normalized spacial score (nSPS) is 13.2. The van der Waals surface area contributed by atoms with Gasteiger partial charge in [-0.05, 0) is 22.9 Å². The molecule has 24 heavy (non-hydrogen) atoms. The van der Waals surface area contributed by atoms with Crippen LogP contribution in [0.1, 0.15) is 12.7 Å². The van der Waals surface area contributed by atoms with Gasteiger partial charge in [-0.2, -0.15) is 0 Å². The number of aryl methyl sites for hydroxylation is 1. The predicted molar refractivity (Wildman–Crippen MR) is 97.7 cm³/mol. The molecule has 3 aromatic rings. The second-order valence-electron chi connectivity index (χ2n) is 5.23. The van der Waals surface area contributed by atoms with Gasteiger partial charge in [-0.25, -0.2) is 18.4 Å². The quantitative estimate of drug-likeness (QED) is 0.651. The lowest BCUT2D eigenvalue weighted by Crippen LogP contribution is -2.28. The Bertz CT molecular complexity index is 920. The summed E-state index contributed by atoms with van der Waals surface area (Å²) in [6.45, 7) is 2.08. The highest BCUT2D eigenvalue weighted by atomic mass is 32.2. The summed E-state index contributed by atoms with van der Waals surface area (Å²) >= 11 is 2.68. The first kappa shape index (κ1) is 17.3. The van der Waals surface area contributed by atoms with E-state index in [4.69, 9.17) is 0 Å². The van der Waals surface area contributed by atoms with Gasteiger partial charge in [0, 0.05) is 13.0 Å². The van der Waals surface area contributed by atoms with Crippen LogP contribution in [0.4, 0.5) is 5.82 Å². The van der Waals surface area contributed by atoms with E-state index in [0.717, 1.165) is 21.6 Å².